The summed E-state index contributed by atoms with van der Waals surface area (Å²) in [6.07, 6.45) is 4.80. The van der Waals surface area contributed by atoms with Gasteiger partial charge in [-0.3, -0.25) is 9.97 Å². The SMILES string of the molecule is c1ccc2c(c1)Cc1ccccc1N2c1cnc2c(c1)C1(c3ccccc3Oc3cc(N4c5ccccc5Sc5ccccc54)ccc31)c1cccnc1-2. The van der Waals surface area contributed by atoms with E-state index in [9.17, 15) is 0 Å². The van der Waals surface area contributed by atoms with Gasteiger partial charge in [-0.2, -0.15) is 0 Å². The van der Waals surface area contributed by atoms with Gasteiger partial charge in [0.1, 0.15) is 11.5 Å². The molecule has 8 aromatic rings. The average Bonchev–Trinajstić information content (AvgIpc) is 3.51. The van der Waals surface area contributed by atoms with Gasteiger partial charge in [0.05, 0.1) is 40.1 Å². The van der Waals surface area contributed by atoms with E-state index in [1.807, 2.05) is 24.2 Å². The van der Waals surface area contributed by atoms with Gasteiger partial charge in [-0.05, 0) is 77.4 Å². The molecule has 0 bridgehead atoms. The summed E-state index contributed by atoms with van der Waals surface area (Å²) in [5, 5.41) is 0. The average molecular weight is 711 g/mol. The Balaban J connectivity index is 1.11. The van der Waals surface area contributed by atoms with Crippen LogP contribution in [-0.2, 0) is 11.8 Å². The van der Waals surface area contributed by atoms with E-state index in [-0.39, 0.29) is 0 Å². The summed E-state index contributed by atoms with van der Waals surface area (Å²) < 4.78 is 6.96. The van der Waals surface area contributed by atoms with Crippen LogP contribution >= 0.6 is 11.8 Å². The maximum absolute atomic E-state index is 6.96. The Kier molecular flexibility index (Phi) is 6.19. The molecule has 0 saturated carbocycles. The van der Waals surface area contributed by atoms with Gasteiger partial charge in [-0.15, -0.1) is 0 Å². The first-order valence-electron chi connectivity index (χ1n) is 18.3. The van der Waals surface area contributed by atoms with Gasteiger partial charge in [-0.1, -0.05) is 103 Å². The lowest BCUT2D eigenvalue weighted by atomic mass is 9.66. The number of nitrogens with zero attached hydrogens (tertiary/aromatic N) is 4. The third-order valence-electron chi connectivity index (χ3n) is 11.4. The molecule has 0 N–H and O–H groups in total. The van der Waals surface area contributed by atoms with Crippen LogP contribution in [0.4, 0.5) is 34.1 Å². The summed E-state index contributed by atoms with van der Waals surface area (Å²) in [5.41, 5.74) is 14.8. The van der Waals surface area contributed by atoms with Crippen molar-refractivity contribution in [3.05, 3.63) is 203 Å². The molecule has 2 aromatic heterocycles. The predicted octanol–water partition coefficient (Wildman–Crippen LogP) is 12.3. The number of hydrogen-bond acceptors (Lipinski definition) is 6. The van der Waals surface area contributed by atoms with E-state index < -0.39 is 5.41 Å². The molecule has 6 heteroatoms. The Bertz CT molecular complexity index is 2780. The molecule has 6 aromatic carbocycles. The maximum atomic E-state index is 6.96. The second-order valence-corrected chi connectivity index (χ2v) is 15.2. The van der Waals surface area contributed by atoms with E-state index in [2.05, 4.69) is 168 Å². The Morgan fingerprint density at radius 2 is 1.07 bits per heavy atom. The number of anilines is 6. The van der Waals surface area contributed by atoms with Gasteiger partial charge < -0.3 is 14.5 Å². The minimum Gasteiger partial charge on any atom is -0.457 e. The molecule has 1 spiro atoms. The van der Waals surface area contributed by atoms with Crippen molar-refractivity contribution >= 4 is 45.9 Å². The van der Waals surface area contributed by atoms with E-state index in [0.29, 0.717) is 0 Å². The lowest BCUT2D eigenvalue weighted by molar-refractivity contribution is 0.436. The van der Waals surface area contributed by atoms with Gasteiger partial charge in [0.25, 0.3) is 0 Å². The van der Waals surface area contributed by atoms with E-state index in [0.717, 1.165) is 74.3 Å². The van der Waals surface area contributed by atoms with E-state index in [1.165, 1.54) is 32.3 Å². The van der Waals surface area contributed by atoms with Gasteiger partial charge >= 0.3 is 0 Å². The molecule has 54 heavy (non-hydrogen) atoms. The minimum absolute atomic E-state index is 0.715. The Hall–Kier alpha value is -6.63. The highest BCUT2D eigenvalue weighted by atomic mass is 32.2. The Morgan fingerprint density at radius 3 is 1.83 bits per heavy atom. The van der Waals surface area contributed by atoms with Crippen LogP contribution < -0.4 is 14.5 Å². The molecule has 1 aliphatic carbocycles. The number of fused-ring (bicyclic) bond motifs is 13. The number of hydrogen-bond donors (Lipinski definition) is 0. The predicted molar refractivity (Wildman–Crippen MR) is 216 cm³/mol. The molecule has 3 aliphatic heterocycles. The lowest BCUT2D eigenvalue weighted by Crippen LogP contribution is -2.32. The fourth-order valence-corrected chi connectivity index (χ4v) is 10.3. The van der Waals surface area contributed by atoms with E-state index in [1.54, 1.807) is 0 Å². The van der Waals surface area contributed by atoms with E-state index >= 15 is 0 Å². The standard InChI is InChI=1S/C48H30N4OS/c1-4-16-38-30(12-1)26-31-13-2-5-17-39(31)52(38)33-27-37-47(50-29-33)46-36(15-11-25-49-46)48(37)34-14-3-8-20-42(34)53-43-28-32(23-24-35(43)48)51-40-18-6-9-21-44(40)54-45-22-10-7-19-41(45)51/h1-25,27-29H,26H2. The zero-order valence-electron chi connectivity index (χ0n) is 29.0. The normalized spacial score (nSPS) is 16.5. The van der Waals surface area contributed by atoms with Crippen molar-refractivity contribution in [3.8, 4) is 22.9 Å². The summed E-state index contributed by atoms with van der Waals surface area (Å²) in [6, 6.07) is 56.6. The summed E-state index contributed by atoms with van der Waals surface area (Å²) in [5.74, 6) is 1.65. The van der Waals surface area contributed by atoms with Gasteiger partial charge in [0.2, 0.25) is 0 Å². The molecule has 1 atom stereocenters. The topological polar surface area (TPSA) is 41.5 Å². The fraction of sp³-hybridized carbons (Fsp3) is 0.0417. The smallest absolute Gasteiger partial charge is 0.134 e. The van der Waals surface area contributed by atoms with Gasteiger partial charge in [0, 0.05) is 62.2 Å². The van der Waals surface area contributed by atoms with E-state index in [4.69, 9.17) is 14.7 Å². The summed E-state index contributed by atoms with van der Waals surface area (Å²) in [4.78, 5) is 17.5. The third kappa shape index (κ3) is 4.00. The molecule has 0 saturated heterocycles. The first-order chi connectivity index (χ1) is 26.8. The van der Waals surface area contributed by atoms with Crippen LogP contribution in [0.2, 0.25) is 0 Å². The largest absolute Gasteiger partial charge is 0.457 e. The molecular formula is C48H30N4OS. The van der Waals surface area contributed by atoms with Crippen molar-refractivity contribution in [2.45, 2.75) is 21.6 Å². The van der Waals surface area contributed by atoms with Crippen LogP contribution in [-0.4, -0.2) is 9.97 Å². The zero-order chi connectivity index (χ0) is 35.4. The molecule has 5 nitrogen and oxygen atoms in total. The summed E-state index contributed by atoms with van der Waals surface area (Å²) in [6.45, 7) is 0. The first kappa shape index (κ1) is 29.9. The van der Waals surface area contributed by atoms with Crippen LogP contribution in [0.15, 0.2) is 180 Å². The number of pyridine rings is 2. The van der Waals surface area contributed by atoms with Crippen molar-refractivity contribution in [1.29, 1.82) is 0 Å². The molecule has 4 aliphatic rings. The van der Waals surface area contributed by atoms with Crippen molar-refractivity contribution in [1.82, 2.24) is 9.97 Å². The fourth-order valence-electron chi connectivity index (χ4n) is 9.20. The minimum atomic E-state index is -0.715. The molecule has 5 heterocycles. The molecule has 12 rings (SSSR count). The Morgan fingerprint density at radius 1 is 0.481 bits per heavy atom. The molecule has 1 unspecified atom stereocenters. The highest BCUT2D eigenvalue weighted by molar-refractivity contribution is 7.99. The second kappa shape index (κ2) is 11.2. The summed E-state index contributed by atoms with van der Waals surface area (Å²) in [7, 11) is 0. The molecule has 0 radical (unpaired) electrons. The monoisotopic (exact) mass is 710 g/mol. The lowest BCUT2D eigenvalue weighted by Gasteiger charge is -2.40. The number of para-hydroxylation sites is 5. The van der Waals surface area contributed by atoms with Crippen LogP contribution in [0, 0.1) is 0 Å². The zero-order valence-corrected chi connectivity index (χ0v) is 29.8. The summed E-state index contributed by atoms with van der Waals surface area (Å²) >= 11 is 1.81. The van der Waals surface area contributed by atoms with Crippen LogP contribution in [0.3, 0.4) is 0 Å². The second-order valence-electron chi connectivity index (χ2n) is 14.2. The van der Waals surface area contributed by atoms with Crippen LogP contribution in [0.1, 0.15) is 33.4 Å². The van der Waals surface area contributed by atoms with Crippen molar-refractivity contribution in [2.75, 3.05) is 9.80 Å². The van der Waals surface area contributed by atoms with Crippen molar-refractivity contribution < 1.29 is 4.74 Å². The Labute approximate surface area is 317 Å². The molecule has 0 amide bonds. The molecule has 254 valence electrons. The quantitative estimate of drug-likeness (QED) is 0.178. The van der Waals surface area contributed by atoms with Crippen LogP contribution in [0.25, 0.3) is 11.4 Å². The number of rotatable bonds is 2. The van der Waals surface area contributed by atoms with Crippen LogP contribution in [0.5, 0.6) is 11.5 Å². The maximum Gasteiger partial charge on any atom is 0.134 e. The number of aromatic nitrogens is 2. The highest BCUT2D eigenvalue weighted by Gasteiger charge is 2.53. The van der Waals surface area contributed by atoms with Gasteiger partial charge in [0.15, 0.2) is 0 Å². The molecular weight excluding hydrogens is 681 g/mol. The van der Waals surface area contributed by atoms with Crippen molar-refractivity contribution in [3.63, 3.8) is 0 Å². The number of ether oxygens (including phenoxy) is 1. The highest BCUT2D eigenvalue weighted by Crippen LogP contribution is 2.63. The van der Waals surface area contributed by atoms with Crippen molar-refractivity contribution in [2.24, 2.45) is 0 Å². The number of benzene rings is 6. The molecule has 0 fully saturated rings. The first-order valence-corrected chi connectivity index (χ1v) is 19.1. The third-order valence-corrected chi connectivity index (χ3v) is 12.5. The van der Waals surface area contributed by atoms with Gasteiger partial charge in [-0.25, -0.2) is 0 Å².